The summed E-state index contributed by atoms with van der Waals surface area (Å²) in [4.78, 5) is 39.4. The van der Waals surface area contributed by atoms with Crippen molar-refractivity contribution in [3.05, 3.63) is 108 Å². The van der Waals surface area contributed by atoms with Crippen molar-refractivity contribution < 1.29 is 24.0 Å². The van der Waals surface area contributed by atoms with Crippen LogP contribution in [0.5, 0.6) is 5.75 Å². The fourth-order valence-electron chi connectivity index (χ4n) is 2.88. The van der Waals surface area contributed by atoms with Gasteiger partial charge in [-0.25, -0.2) is 14.6 Å². The fraction of sp³-hybridized carbons (Fsp3) is 0. The number of hydrogen-bond donors (Lipinski definition) is 0. The maximum Gasteiger partial charge on any atom is 0.363 e. The summed E-state index contributed by atoms with van der Waals surface area (Å²) in [6.07, 6.45) is 1.46. The van der Waals surface area contributed by atoms with Crippen LogP contribution in [0, 0.1) is 10.1 Å². The molecule has 0 amide bonds. The van der Waals surface area contributed by atoms with E-state index < -0.39 is 16.9 Å². The number of benzene rings is 3. The van der Waals surface area contributed by atoms with Gasteiger partial charge in [-0.1, -0.05) is 31.9 Å². The van der Waals surface area contributed by atoms with Crippen molar-refractivity contribution in [3.8, 4) is 5.75 Å². The molecular formula is C23H12Br2N2O6. The first-order valence-corrected chi connectivity index (χ1v) is 10.9. The Hall–Kier alpha value is -3.63. The summed E-state index contributed by atoms with van der Waals surface area (Å²) in [6.45, 7) is 0. The molecule has 0 bridgehead atoms. The van der Waals surface area contributed by atoms with Crippen molar-refractivity contribution in [2.75, 3.05) is 0 Å². The molecule has 1 heterocycles. The summed E-state index contributed by atoms with van der Waals surface area (Å²) in [5, 5.41) is 10.8. The minimum atomic E-state index is -0.708. The third kappa shape index (κ3) is 5.24. The largest absolute Gasteiger partial charge is 0.422 e. The van der Waals surface area contributed by atoms with Crippen LogP contribution in [0.25, 0.3) is 6.08 Å². The molecule has 3 aromatic rings. The summed E-state index contributed by atoms with van der Waals surface area (Å²) < 4.78 is 12.3. The molecule has 0 atom stereocenters. The minimum absolute atomic E-state index is 0.0404. The maximum absolute atomic E-state index is 12.6. The Morgan fingerprint density at radius 3 is 2.33 bits per heavy atom. The third-order valence-electron chi connectivity index (χ3n) is 4.49. The van der Waals surface area contributed by atoms with Gasteiger partial charge in [-0.05, 0) is 60.7 Å². The highest BCUT2D eigenvalue weighted by atomic mass is 79.9. The smallest absolute Gasteiger partial charge is 0.363 e. The van der Waals surface area contributed by atoms with Crippen LogP contribution >= 0.6 is 31.9 Å². The van der Waals surface area contributed by atoms with Crippen molar-refractivity contribution in [1.82, 2.24) is 0 Å². The average Bonchev–Trinajstić information content (AvgIpc) is 3.16. The predicted octanol–water partition coefficient (Wildman–Crippen LogP) is 5.68. The van der Waals surface area contributed by atoms with E-state index in [1.165, 1.54) is 30.3 Å². The molecule has 1 aliphatic heterocycles. The number of non-ortho nitro benzene ring substituents is 1. The number of nitro groups is 1. The summed E-state index contributed by atoms with van der Waals surface area (Å²) >= 11 is 6.71. The summed E-state index contributed by atoms with van der Waals surface area (Å²) in [7, 11) is 0. The van der Waals surface area contributed by atoms with Gasteiger partial charge in [0.15, 0.2) is 5.70 Å². The van der Waals surface area contributed by atoms with Crippen LogP contribution in [-0.4, -0.2) is 22.8 Å². The fourth-order valence-corrected chi connectivity index (χ4v) is 3.52. The zero-order chi connectivity index (χ0) is 23.5. The van der Waals surface area contributed by atoms with Crippen LogP contribution in [0.3, 0.4) is 0 Å². The maximum atomic E-state index is 12.6. The molecule has 0 aliphatic carbocycles. The van der Waals surface area contributed by atoms with Gasteiger partial charge in [0.25, 0.3) is 5.69 Å². The first-order valence-electron chi connectivity index (χ1n) is 9.35. The molecule has 0 N–H and O–H groups in total. The van der Waals surface area contributed by atoms with E-state index in [1.807, 2.05) is 0 Å². The van der Waals surface area contributed by atoms with Crippen molar-refractivity contribution in [1.29, 1.82) is 0 Å². The van der Waals surface area contributed by atoms with Crippen LogP contribution in [0.2, 0.25) is 0 Å². The van der Waals surface area contributed by atoms with Crippen LogP contribution in [0.15, 0.2) is 86.4 Å². The molecule has 0 saturated carbocycles. The molecule has 0 radical (unpaired) electrons. The highest BCUT2D eigenvalue weighted by molar-refractivity contribution is 9.10. The molecule has 0 unspecified atom stereocenters. The molecule has 1 aliphatic rings. The number of hydrogen-bond acceptors (Lipinski definition) is 7. The normalized spacial score (nSPS) is 14.1. The number of nitro benzene ring substituents is 1. The second kappa shape index (κ2) is 9.47. The van der Waals surface area contributed by atoms with Gasteiger partial charge in [0, 0.05) is 32.2 Å². The lowest BCUT2D eigenvalue weighted by atomic mass is 10.1. The van der Waals surface area contributed by atoms with Crippen LogP contribution in [-0.2, 0) is 9.53 Å². The number of halogens is 2. The van der Waals surface area contributed by atoms with Gasteiger partial charge in [-0.3, -0.25) is 10.1 Å². The molecule has 4 rings (SSSR count). The van der Waals surface area contributed by atoms with E-state index in [0.717, 1.165) is 4.47 Å². The van der Waals surface area contributed by atoms with E-state index in [2.05, 4.69) is 36.9 Å². The molecular weight excluding hydrogens is 560 g/mol. The lowest BCUT2D eigenvalue weighted by Crippen LogP contribution is -2.09. The standard InChI is InChI=1S/C23H12Br2N2O6/c24-16-5-1-13(2-6-16)21-26-19(23(29)33-21)12-15-11-17(25)7-10-20(15)32-22(28)14-3-8-18(9-4-14)27(30)31/h1-12H/b19-12+. The van der Waals surface area contributed by atoms with Crippen molar-refractivity contribution in [3.63, 3.8) is 0 Å². The summed E-state index contributed by atoms with van der Waals surface area (Å²) in [6, 6.07) is 17.1. The summed E-state index contributed by atoms with van der Waals surface area (Å²) in [5.74, 6) is -1.01. The molecule has 0 fully saturated rings. The summed E-state index contributed by atoms with van der Waals surface area (Å²) in [5.41, 5.74) is 1.08. The Morgan fingerprint density at radius 1 is 1.00 bits per heavy atom. The van der Waals surface area contributed by atoms with E-state index in [9.17, 15) is 19.7 Å². The molecule has 10 heteroatoms. The number of aliphatic imine (C=N–C) groups is 1. The van der Waals surface area contributed by atoms with Crippen molar-refractivity contribution in [2.24, 2.45) is 4.99 Å². The Labute approximate surface area is 204 Å². The van der Waals surface area contributed by atoms with E-state index in [0.29, 0.717) is 15.6 Å². The van der Waals surface area contributed by atoms with Crippen LogP contribution < -0.4 is 4.74 Å². The Bertz CT molecular complexity index is 1330. The Kier molecular flexibility index (Phi) is 6.47. The van der Waals surface area contributed by atoms with E-state index in [1.54, 1.807) is 42.5 Å². The number of cyclic esters (lactones) is 1. The zero-order valence-electron chi connectivity index (χ0n) is 16.5. The molecule has 0 spiro atoms. The topological polar surface area (TPSA) is 108 Å². The highest BCUT2D eigenvalue weighted by Crippen LogP contribution is 2.29. The lowest BCUT2D eigenvalue weighted by Gasteiger charge is -2.08. The molecule has 164 valence electrons. The number of ether oxygens (including phenoxy) is 2. The molecule has 8 nitrogen and oxygen atoms in total. The highest BCUT2D eigenvalue weighted by Gasteiger charge is 2.25. The van der Waals surface area contributed by atoms with E-state index in [4.69, 9.17) is 9.47 Å². The van der Waals surface area contributed by atoms with Gasteiger partial charge >= 0.3 is 11.9 Å². The van der Waals surface area contributed by atoms with Gasteiger partial charge in [-0.2, -0.15) is 0 Å². The molecule has 33 heavy (non-hydrogen) atoms. The molecule has 3 aromatic carbocycles. The van der Waals surface area contributed by atoms with Gasteiger partial charge < -0.3 is 9.47 Å². The quantitative estimate of drug-likeness (QED) is 0.128. The SMILES string of the molecule is O=C1OC(c2ccc(Br)cc2)=N/C1=C/c1cc(Br)ccc1OC(=O)c1ccc([N+](=O)[O-])cc1. The monoisotopic (exact) mass is 570 g/mol. The number of carbonyl (C=O) groups is 2. The van der Waals surface area contributed by atoms with Crippen LogP contribution in [0.1, 0.15) is 21.5 Å². The Balaban J connectivity index is 1.62. The lowest BCUT2D eigenvalue weighted by molar-refractivity contribution is -0.384. The number of rotatable bonds is 5. The van der Waals surface area contributed by atoms with Gasteiger partial charge in [-0.15, -0.1) is 0 Å². The first kappa shape index (κ1) is 22.6. The second-order valence-corrected chi connectivity index (χ2v) is 8.55. The molecule has 0 saturated heterocycles. The van der Waals surface area contributed by atoms with Crippen molar-refractivity contribution in [2.45, 2.75) is 0 Å². The van der Waals surface area contributed by atoms with E-state index >= 15 is 0 Å². The predicted molar refractivity (Wildman–Crippen MR) is 127 cm³/mol. The first-order chi connectivity index (χ1) is 15.8. The Morgan fingerprint density at radius 2 is 1.67 bits per heavy atom. The average molecular weight is 572 g/mol. The number of carbonyl (C=O) groups excluding carboxylic acids is 2. The number of nitrogens with zero attached hydrogens (tertiary/aromatic N) is 2. The third-order valence-corrected chi connectivity index (χ3v) is 5.51. The number of esters is 2. The van der Waals surface area contributed by atoms with Crippen LogP contribution in [0.4, 0.5) is 5.69 Å². The zero-order valence-corrected chi connectivity index (χ0v) is 19.7. The van der Waals surface area contributed by atoms with E-state index in [-0.39, 0.29) is 28.6 Å². The minimum Gasteiger partial charge on any atom is -0.422 e. The molecule has 0 aromatic heterocycles. The van der Waals surface area contributed by atoms with Gasteiger partial charge in [0.1, 0.15) is 5.75 Å². The second-order valence-electron chi connectivity index (χ2n) is 6.72. The van der Waals surface area contributed by atoms with Crippen molar-refractivity contribution >= 4 is 61.5 Å². The van der Waals surface area contributed by atoms with Gasteiger partial charge in [0.05, 0.1) is 10.5 Å². The van der Waals surface area contributed by atoms with Gasteiger partial charge in [0.2, 0.25) is 5.90 Å².